The number of carboxylic acid groups (broad SMARTS) is 1. The molecule has 84 valence electrons. The fourth-order valence-electron chi connectivity index (χ4n) is 1.18. The topological polar surface area (TPSA) is 60.8 Å². The highest BCUT2D eigenvalue weighted by molar-refractivity contribution is 5.70. The normalized spacial score (nSPS) is 17.9. The largest absolute Gasteiger partial charge is 0.481 e. The fraction of sp³-hybridized carbons (Fsp3) is 0.900. The molecular weight excluding hydrogens is 182 g/mol. The van der Waals surface area contributed by atoms with Crippen LogP contribution in [0.25, 0.3) is 0 Å². The van der Waals surface area contributed by atoms with Crippen LogP contribution in [0.15, 0.2) is 0 Å². The van der Waals surface area contributed by atoms with Crippen molar-refractivity contribution in [1.29, 1.82) is 0 Å². The molecular formula is C10H21NO3. The Hall–Kier alpha value is -0.610. The van der Waals surface area contributed by atoms with Gasteiger partial charge in [-0.15, -0.1) is 0 Å². The first-order chi connectivity index (χ1) is 6.36. The van der Waals surface area contributed by atoms with Crippen molar-refractivity contribution >= 4 is 5.97 Å². The molecule has 0 saturated heterocycles. The van der Waals surface area contributed by atoms with Crippen molar-refractivity contribution in [1.82, 2.24) is 4.90 Å². The Kier molecular flexibility index (Phi) is 5.72. The van der Waals surface area contributed by atoms with Gasteiger partial charge in [0.2, 0.25) is 0 Å². The number of aliphatic hydroxyl groups is 1. The maximum absolute atomic E-state index is 10.7. The highest BCUT2D eigenvalue weighted by Gasteiger charge is 2.22. The summed E-state index contributed by atoms with van der Waals surface area (Å²) in [6.45, 7) is 6.04. The van der Waals surface area contributed by atoms with Crippen LogP contribution in [0.1, 0.15) is 27.2 Å². The minimum Gasteiger partial charge on any atom is -0.481 e. The Morgan fingerprint density at radius 3 is 2.21 bits per heavy atom. The van der Waals surface area contributed by atoms with Gasteiger partial charge < -0.3 is 15.1 Å². The van der Waals surface area contributed by atoms with Crippen LogP contribution in [0.5, 0.6) is 0 Å². The van der Waals surface area contributed by atoms with E-state index in [0.29, 0.717) is 6.42 Å². The van der Waals surface area contributed by atoms with E-state index in [1.54, 1.807) is 13.8 Å². The van der Waals surface area contributed by atoms with Crippen LogP contribution < -0.4 is 0 Å². The first-order valence-corrected chi connectivity index (χ1v) is 4.97. The van der Waals surface area contributed by atoms with Crippen molar-refractivity contribution in [3.05, 3.63) is 0 Å². The lowest BCUT2D eigenvalue weighted by atomic mass is 10.0. The number of carboxylic acids is 1. The van der Waals surface area contributed by atoms with Crippen LogP contribution >= 0.6 is 0 Å². The van der Waals surface area contributed by atoms with Crippen molar-refractivity contribution in [2.45, 2.75) is 39.3 Å². The lowest BCUT2D eigenvalue weighted by molar-refractivity contribution is -0.143. The predicted molar refractivity (Wildman–Crippen MR) is 55.2 cm³/mol. The second kappa shape index (κ2) is 5.98. The fourth-order valence-corrected chi connectivity index (χ4v) is 1.18. The molecule has 0 spiro atoms. The number of hydrogen-bond acceptors (Lipinski definition) is 3. The molecule has 2 N–H and O–H groups in total. The van der Waals surface area contributed by atoms with Gasteiger partial charge in [-0.25, -0.2) is 0 Å². The summed E-state index contributed by atoms with van der Waals surface area (Å²) in [6.07, 6.45) is 0.345. The number of nitrogens with zero attached hydrogens (tertiary/aromatic N) is 1. The Labute approximate surface area is 85.5 Å². The van der Waals surface area contributed by atoms with Gasteiger partial charge in [-0.3, -0.25) is 4.79 Å². The zero-order chi connectivity index (χ0) is 11.3. The van der Waals surface area contributed by atoms with Crippen LogP contribution in [0.2, 0.25) is 0 Å². The average Bonchev–Trinajstić information content (AvgIpc) is 2.11. The zero-order valence-corrected chi connectivity index (χ0v) is 9.40. The molecule has 0 radical (unpaired) electrons. The molecule has 0 heterocycles. The molecule has 14 heavy (non-hydrogen) atoms. The molecule has 4 heteroatoms. The molecule has 0 saturated carbocycles. The van der Waals surface area contributed by atoms with Gasteiger partial charge in [-0.1, -0.05) is 6.92 Å². The van der Waals surface area contributed by atoms with Gasteiger partial charge in [0.05, 0.1) is 12.0 Å². The maximum Gasteiger partial charge on any atom is 0.307 e. The molecule has 0 aliphatic carbocycles. The molecule has 0 bridgehead atoms. The maximum atomic E-state index is 10.7. The molecule has 0 aliphatic rings. The molecule has 4 nitrogen and oxygen atoms in total. The van der Waals surface area contributed by atoms with Crippen LogP contribution in [0.4, 0.5) is 0 Å². The van der Waals surface area contributed by atoms with Crippen molar-refractivity contribution in [2.24, 2.45) is 5.92 Å². The van der Waals surface area contributed by atoms with E-state index >= 15 is 0 Å². The molecule has 0 amide bonds. The lowest BCUT2D eigenvalue weighted by Crippen LogP contribution is -2.39. The van der Waals surface area contributed by atoms with Crippen molar-refractivity contribution in [3.8, 4) is 0 Å². The smallest absolute Gasteiger partial charge is 0.307 e. The summed E-state index contributed by atoms with van der Waals surface area (Å²) < 4.78 is 0. The molecule has 3 atom stereocenters. The van der Waals surface area contributed by atoms with E-state index in [4.69, 9.17) is 10.2 Å². The summed E-state index contributed by atoms with van der Waals surface area (Å²) >= 11 is 0. The third kappa shape index (κ3) is 4.58. The second-order valence-corrected chi connectivity index (χ2v) is 3.99. The van der Waals surface area contributed by atoms with E-state index in [2.05, 4.69) is 0 Å². The molecule has 0 aromatic heterocycles. The van der Waals surface area contributed by atoms with E-state index in [9.17, 15) is 4.79 Å². The Balaban J connectivity index is 3.98. The average molecular weight is 203 g/mol. The molecule has 0 rings (SSSR count). The van der Waals surface area contributed by atoms with Crippen LogP contribution in [-0.2, 0) is 4.79 Å². The van der Waals surface area contributed by atoms with Gasteiger partial charge in [-0.05, 0) is 27.3 Å². The Bertz CT molecular complexity index is 182. The number of hydrogen-bond donors (Lipinski definition) is 2. The van der Waals surface area contributed by atoms with Gasteiger partial charge in [0.25, 0.3) is 0 Å². The summed E-state index contributed by atoms with van der Waals surface area (Å²) in [5.74, 6) is -1.16. The number of carbonyl (C=O) groups is 1. The van der Waals surface area contributed by atoms with Crippen LogP contribution in [0.3, 0.4) is 0 Å². The third-order valence-corrected chi connectivity index (χ3v) is 2.71. The number of aliphatic hydroxyl groups excluding tert-OH is 1. The summed E-state index contributed by atoms with van der Waals surface area (Å²) in [5, 5.41) is 17.9. The van der Waals surface area contributed by atoms with Crippen LogP contribution in [-0.4, -0.2) is 46.8 Å². The van der Waals surface area contributed by atoms with Gasteiger partial charge in [0.1, 0.15) is 0 Å². The van der Waals surface area contributed by atoms with E-state index in [1.165, 1.54) is 0 Å². The minimum atomic E-state index is -0.776. The SMILES string of the molecule is CC(O)CCN(C)C(C)C(C)C(=O)O. The zero-order valence-electron chi connectivity index (χ0n) is 9.40. The standard InChI is InChI=1S/C10H21NO3/c1-7(12)5-6-11(4)9(3)8(2)10(13)14/h7-9,12H,5-6H2,1-4H3,(H,13,14). The van der Waals surface area contributed by atoms with Gasteiger partial charge in [0, 0.05) is 12.6 Å². The number of rotatable bonds is 6. The van der Waals surface area contributed by atoms with Crippen molar-refractivity contribution in [3.63, 3.8) is 0 Å². The Morgan fingerprint density at radius 2 is 1.86 bits per heavy atom. The summed E-state index contributed by atoms with van der Waals surface area (Å²) in [5.41, 5.74) is 0. The molecule has 0 fully saturated rings. The summed E-state index contributed by atoms with van der Waals surface area (Å²) in [6, 6.07) is -0.00810. The summed E-state index contributed by atoms with van der Waals surface area (Å²) in [7, 11) is 1.88. The first kappa shape index (κ1) is 13.4. The monoisotopic (exact) mass is 203 g/mol. The van der Waals surface area contributed by atoms with E-state index in [1.807, 2.05) is 18.9 Å². The predicted octanol–water partition coefficient (Wildman–Crippen LogP) is 0.798. The quantitative estimate of drug-likeness (QED) is 0.670. The first-order valence-electron chi connectivity index (χ1n) is 4.97. The minimum absolute atomic E-state index is 0.00810. The lowest BCUT2D eigenvalue weighted by Gasteiger charge is -2.27. The molecule has 3 unspecified atom stereocenters. The van der Waals surface area contributed by atoms with Crippen molar-refractivity contribution in [2.75, 3.05) is 13.6 Å². The van der Waals surface area contributed by atoms with E-state index < -0.39 is 5.97 Å². The van der Waals surface area contributed by atoms with Crippen LogP contribution in [0, 0.1) is 5.92 Å². The highest BCUT2D eigenvalue weighted by Crippen LogP contribution is 2.10. The number of aliphatic carboxylic acids is 1. The highest BCUT2D eigenvalue weighted by atomic mass is 16.4. The van der Waals surface area contributed by atoms with Gasteiger partial charge in [-0.2, -0.15) is 0 Å². The third-order valence-electron chi connectivity index (χ3n) is 2.71. The van der Waals surface area contributed by atoms with E-state index in [-0.39, 0.29) is 18.1 Å². The van der Waals surface area contributed by atoms with Crippen molar-refractivity contribution < 1.29 is 15.0 Å². The molecule has 0 aliphatic heterocycles. The molecule has 0 aromatic rings. The second-order valence-electron chi connectivity index (χ2n) is 3.99. The Morgan fingerprint density at radius 1 is 1.36 bits per heavy atom. The molecule has 0 aromatic carbocycles. The summed E-state index contributed by atoms with van der Waals surface area (Å²) in [4.78, 5) is 12.7. The van der Waals surface area contributed by atoms with E-state index in [0.717, 1.165) is 6.54 Å². The van der Waals surface area contributed by atoms with Gasteiger partial charge >= 0.3 is 5.97 Å². The van der Waals surface area contributed by atoms with Gasteiger partial charge in [0.15, 0.2) is 0 Å².